The molecule has 0 saturated carbocycles. The van der Waals surface area contributed by atoms with E-state index in [4.69, 9.17) is 28.4 Å². The van der Waals surface area contributed by atoms with Crippen molar-refractivity contribution in [3.8, 4) is 23.0 Å². The summed E-state index contributed by atoms with van der Waals surface area (Å²) in [5.74, 6) is 3.14. The van der Waals surface area contributed by atoms with Crippen LogP contribution in [0.4, 0.5) is 0 Å². The molecule has 2 aromatic carbocycles. The Hall–Kier alpha value is -2.44. The summed E-state index contributed by atoms with van der Waals surface area (Å²) in [7, 11) is 0. The van der Waals surface area contributed by atoms with Crippen molar-refractivity contribution in [1.29, 1.82) is 0 Å². The van der Waals surface area contributed by atoms with Gasteiger partial charge in [-0.2, -0.15) is 0 Å². The number of ether oxygens (including phenoxy) is 6. The lowest BCUT2D eigenvalue weighted by molar-refractivity contribution is -0.00647. The van der Waals surface area contributed by atoms with Gasteiger partial charge in [-0.25, -0.2) is 0 Å². The van der Waals surface area contributed by atoms with Crippen molar-refractivity contribution in [2.24, 2.45) is 10.8 Å². The average Bonchev–Trinajstić information content (AvgIpc) is 3.43. The molecule has 6 rings (SSSR count). The van der Waals surface area contributed by atoms with Gasteiger partial charge in [0, 0.05) is 10.8 Å². The third-order valence-corrected chi connectivity index (χ3v) is 6.96. The van der Waals surface area contributed by atoms with E-state index in [-0.39, 0.29) is 36.6 Å². The van der Waals surface area contributed by atoms with Crippen LogP contribution in [0.5, 0.6) is 23.0 Å². The molecular formula is C22H22O6. The van der Waals surface area contributed by atoms with Crippen LogP contribution in [-0.2, 0) is 9.47 Å². The molecule has 4 heterocycles. The second kappa shape index (κ2) is 5.55. The summed E-state index contributed by atoms with van der Waals surface area (Å²) < 4.78 is 34.8. The lowest BCUT2D eigenvalue weighted by atomic mass is 9.62. The zero-order valence-corrected chi connectivity index (χ0v) is 15.9. The zero-order valence-electron chi connectivity index (χ0n) is 15.9. The minimum atomic E-state index is -0.165. The van der Waals surface area contributed by atoms with Gasteiger partial charge in [0.15, 0.2) is 23.0 Å². The van der Waals surface area contributed by atoms with Crippen LogP contribution in [-0.4, -0.2) is 26.8 Å². The first-order chi connectivity index (χ1) is 13.6. The van der Waals surface area contributed by atoms with Crippen LogP contribution < -0.4 is 18.9 Å². The molecule has 6 nitrogen and oxygen atoms in total. The highest BCUT2D eigenvalue weighted by Gasteiger charge is 2.64. The van der Waals surface area contributed by atoms with E-state index in [2.05, 4.69) is 26.0 Å². The molecule has 2 fully saturated rings. The maximum atomic E-state index is 6.38. The van der Waals surface area contributed by atoms with Gasteiger partial charge < -0.3 is 28.4 Å². The second-order valence-electron chi connectivity index (χ2n) is 8.44. The third-order valence-electron chi connectivity index (χ3n) is 6.96. The third kappa shape index (κ3) is 2.05. The van der Waals surface area contributed by atoms with Crippen molar-refractivity contribution < 1.29 is 28.4 Å². The van der Waals surface area contributed by atoms with Crippen LogP contribution in [0.2, 0.25) is 0 Å². The monoisotopic (exact) mass is 382 g/mol. The fourth-order valence-electron chi connectivity index (χ4n) is 5.04. The first kappa shape index (κ1) is 16.5. The lowest BCUT2D eigenvalue weighted by Crippen LogP contribution is -2.37. The largest absolute Gasteiger partial charge is 0.454 e. The van der Waals surface area contributed by atoms with Crippen molar-refractivity contribution in [3.63, 3.8) is 0 Å². The van der Waals surface area contributed by atoms with Gasteiger partial charge >= 0.3 is 0 Å². The van der Waals surface area contributed by atoms with Gasteiger partial charge in [0.2, 0.25) is 13.6 Å². The highest BCUT2D eigenvalue weighted by molar-refractivity contribution is 5.47. The summed E-state index contributed by atoms with van der Waals surface area (Å²) in [6.07, 6.45) is -0.128. The first-order valence-corrected chi connectivity index (χ1v) is 9.61. The molecule has 0 amide bonds. The van der Waals surface area contributed by atoms with Crippen molar-refractivity contribution in [2.45, 2.75) is 26.1 Å². The van der Waals surface area contributed by atoms with E-state index in [0.29, 0.717) is 13.2 Å². The minimum Gasteiger partial charge on any atom is -0.454 e. The minimum absolute atomic E-state index is 0.0639. The van der Waals surface area contributed by atoms with Crippen molar-refractivity contribution in [3.05, 3.63) is 47.5 Å². The molecule has 0 unspecified atom stereocenters. The molecule has 0 bridgehead atoms. The van der Waals surface area contributed by atoms with Crippen LogP contribution >= 0.6 is 0 Å². The molecule has 6 heteroatoms. The Kier molecular flexibility index (Phi) is 3.27. The van der Waals surface area contributed by atoms with Crippen LogP contribution in [0.15, 0.2) is 36.4 Å². The van der Waals surface area contributed by atoms with Gasteiger partial charge in [-0.05, 0) is 35.4 Å². The predicted octanol–water partition coefficient (Wildman–Crippen LogP) is 4.00. The van der Waals surface area contributed by atoms with Gasteiger partial charge in [-0.15, -0.1) is 0 Å². The molecule has 2 saturated heterocycles. The molecular weight excluding hydrogens is 360 g/mol. The topological polar surface area (TPSA) is 55.4 Å². The average molecular weight is 382 g/mol. The second-order valence-corrected chi connectivity index (χ2v) is 8.44. The van der Waals surface area contributed by atoms with Crippen molar-refractivity contribution >= 4 is 0 Å². The van der Waals surface area contributed by atoms with E-state index < -0.39 is 0 Å². The van der Waals surface area contributed by atoms with E-state index in [1.54, 1.807) is 0 Å². The normalized spacial score (nSPS) is 34.6. The molecule has 4 aliphatic heterocycles. The molecule has 146 valence electrons. The first-order valence-electron chi connectivity index (χ1n) is 9.61. The number of hydrogen-bond donors (Lipinski definition) is 0. The summed E-state index contributed by atoms with van der Waals surface area (Å²) in [5.41, 5.74) is 1.87. The van der Waals surface area contributed by atoms with Crippen LogP contribution in [0.1, 0.15) is 37.2 Å². The Bertz CT molecular complexity index is 881. The number of rotatable bonds is 2. The van der Waals surface area contributed by atoms with E-state index in [1.807, 2.05) is 24.3 Å². The highest BCUT2D eigenvalue weighted by atomic mass is 16.7. The molecule has 0 aliphatic carbocycles. The Labute approximate surface area is 163 Å². The summed E-state index contributed by atoms with van der Waals surface area (Å²) in [6, 6.07) is 12.2. The number of hydrogen-bond acceptors (Lipinski definition) is 6. The van der Waals surface area contributed by atoms with E-state index in [1.165, 1.54) is 0 Å². The summed E-state index contributed by atoms with van der Waals surface area (Å²) in [4.78, 5) is 0. The molecule has 4 atom stereocenters. The molecule has 28 heavy (non-hydrogen) atoms. The fraction of sp³-hybridized carbons (Fsp3) is 0.455. The van der Waals surface area contributed by atoms with Crippen molar-refractivity contribution in [1.82, 2.24) is 0 Å². The summed E-state index contributed by atoms with van der Waals surface area (Å²) >= 11 is 0. The van der Waals surface area contributed by atoms with Crippen LogP contribution in [0, 0.1) is 10.8 Å². The van der Waals surface area contributed by atoms with Crippen LogP contribution in [0.3, 0.4) is 0 Å². The zero-order chi connectivity index (χ0) is 18.9. The fourth-order valence-corrected chi connectivity index (χ4v) is 5.04. The van der Waals surface area contributed by atoms with Gasteiger partial charge in [0.1, 0.15) is 0 Å². The lowest BCUT2D eigenvalue weighted by Gasteiger charge is -2.37. The SMILES string of the molecule is C[C@@]12CO[C@@H](c3ccc4c(c3)OCO4)[C@]1(C)CO[C@H]2c1ccc2c(c1)OCO2. The molecule has 0 aromatic heterocycles. The van der Waals surface area contributed by atoms with Gasteiger partial charge in [0.25, 0.3) is 0 Å². The van der Waals surface area contributed by atoms with Gasteiger partial charge in [-0.1, -0.05) is 26.0 Å². The van der Waals surface area contributed by atoms with E-state index >= 15 is 0 Å². The van der Waals surface area contributed by atoms with Gasteiger partial charge in [0.05, 0.1) is 25.4 Å². The number of fused-ring (bicyclic) bond motifs is 3. The maximum Gasteiger partial charge on any atom is 0.231 e. The molecule has 2 aromatic rings. The standard InChI is InChI=1S/C22H22O6/c1-21-9-23-20(14-4-6-16-18(8-14)28-12-26-16)22(21,2)10-24-19(21)13-3-5-15-17(7-13)27-11-25-15/h3-8,19-20H,9-12H2,1-2H3/t19-,20-,21-,22-/m0/s1. The predicted molar refractivity (Wildman–Crippen MR) is 98.7 cm³/mol. The van der Waals surface area contributed by atoms with Crippen molar-refractivity contribution in [2.75, 3.05) is 26.8 Å². The van der Waals surface area contributed by atoms with E-state index in [9.17, 15) is 0 Å². The van der Waals surface area contributed by atoms with E-state index in [0.717, 1.165) is 34.1 Å². The quantitative estimate of drug-likeness (QED) is 0.783. The highest BCUT2D eigenvalue weighted by Crippen LogP contribution is 2.66. The molecule has 0 N–H and O–H groups in total. The van der Waals surface area contributed by atoms with Gasteiger partial charge in [-0.3, -0.25) is 0 Å². The molecule has 0 radical (unpaired) electrons. The number of benzene rings is 2. The molecule has 0 spiro atoms. The Morgan fingerprint density at radius 3 is 1.54 bits per heavy atom. The summed E-state index contributed by atoms with van der Waals surface area (Å²) in [5, 5.41) is 0. The van der Waals surface area contributed by atoms with Crippen LogP contribution in [0.25, 0.3) is 0 Å². The molecule has 4 aliphatic rings. The summed E-state index contributed by atoms with van der Waals surface area (Å²) in [6.45, 7) is 6.33. The smallest absolute Gasteiger partial charge is 0.231 e. The Morgan fingerprint density at radius 1 is 0.643 bits per heavy atom. The maximum absolute atomic E-state index is 6.38. The Morgan fingerprint density at radius 2 is 1.07 bits per heavy atom. The Balaban J connectivity index is 1.35.